The largest absolute Gasteiger partial charge is 0.416 e. The predicted molar refractivity (Wildman–Crippen MR) is 108 cm³/mol. The quantitative estimate of drug-likeness (QED) is 0.438. The Hall–Kier alpha value is -3.67. The molecule has 8 nitrogen and oxygen atoms in total. The van der Waals surface area contributed by atoms with Crippen molar-refractivity contribution in [2.24, 2.45) is 0 Å². The minimum absolute atomic E-state index is 0.0362. The number of alkyl halides is 3. The number of rotatable bonds is 6. The van der Waals surface area contributed by atoms with Gasteiger partial charge in [0.15, 0.2) is 5.82 Å². The molecule has 158 valence electrons. The minimum Gasteiger partial charge on any atom is -0.323 e. The van der Waals surface area contributed by atoms with Crippen molar-refractivity contribution in [2.45, 2.75) is 11.3 Å². The number of hydrogen-bond donors (Lipinski definition) is 2. The molecule has 4 aromatic rings. The van der Waals surface area contributed by atoms with Crippen molar-refractivity contribution in [1.82, 2.24) is 29.9 Å². The van der Waals surface area contributed by atoms with Gasteiger partial charge in [-0.25, -0.2) is 14.6 Å². The molecule has 31 heavy (non-hydrogen) atoms. The first-order chi connectivity index (χ1) is 14.9. The molecular weight excluding hydrogens is 431 g/mol. The SMILES string of the molecule is O=C(CSc1n[nH]c(-c2ccccc2)n1)Nc1cc(C(F)(F)F)ccc1-n1cncn1. The standard InChI is InChI=1S/C19H14F3N7OS/c20-19(21,22)13-6-7-15(29-11-23-10-24-29)14(8-13)25-16(30)9-31-18-26-17(27-28-18)12-4-2-1-3-5-12/h1-8,10-11H,9H2,(H,25,30)(H,26,27,28). The van der Waals surface area contributed by atoms with Crippen LogP contribution in [-0.4, -0.2) is 41.6 Å². The smallest absolute Gasteiger partial charge is 0.323 e. The van der Waals surface area contributed by atoms with Crippen LogP contribution in [0.5, 0.6) is 0 Å². The zero-order chi connectivity index (χ0) is 21.8. The van der Waals surface area contributed by atoms with Gasteiger partial charge in [0.25, 0.3) is 0 Å². The molecule has 0 saturated carbocycles. The molecule has 2 heterocycles. The molecule has 0 aliphatic carbocycles. The van der Waals surface area contributed by atoms with Crippen LogP contribution >= 0.6 is 11.8 Å². The van der Waals surface area contributed by atoms with E-state index in [4.69, 9.17) is 0 Å². The summed E-state index contributed by atoms with van der Waals surface area (Å²) in [5, 5.41) is 13.6. The molecule has 0 saturated heterocycles. The van der Waals surface area contributed by atoms with Crippen molar-refractivity contribution < 1.29 is 18.0 Å². The first-order valence-corrected chi connectivity index (χ1v) is 9.85. The number of aromatic amines is 1. The number of H-pyrrole nitrogens is 1. The van der Waals surface area contributed by atoms with Crippen LogP contribution in [-0.2, 0) is 11.0 Å². The third-order valence-electron chi connectivity index (χ3n) is 4.11. The maximum atomic E-state index is 13.1. The maximum Gasteiger partial charge on any atom is 0.416 e. The molecule has 2 aromatic heterocycles. The number of hydrogen-bond acceptors (Lipinski definition) is 6. The van der Waals surface area contributed by atoms with Crippen LogP contribution in [0.25, 0.3) is 17.1 Å². The summed E-state index contributed by atoms with van der Waals surface area (Å²) in [4.78, 5) is 20.5. The van der Waals surface area contributed by atoms with Gasteiger partial charge in [-0.1, -0.05) is 42.1 Å². The summed E-state index contributed by atoms with van der Waals surface area (Å²) in [5.41, 5.74) is 0.174. The number of nitrogens with one attached hydrogen (secondary N) is 2. The van der Waals surface area contributed by atoms with E-state index in [0.29, 0.717) is 11.0 Å². The van der Waals surface area contributed by atoms with Crippen molar-refractivity contribution in [3.05, 3.63) is 66.7 Å². The van der Waals surface area contributed by atoms with Gasteiger partial charge < -0.3 is 5.32 Å². The maximum absolute atomic E-state index is 13.1. The second kappa shape index (κ2) is 8.60. The summed E-state index contributed by atoms with van der Waals surface area (Å²) in [6.07, 6.45) is -1.99. The number of carbonyl (C=O) groups is 1. The number of halogens is 3. The molecule has 0 bridgehead atoms. The summed E-state index contributed by atoms with van der Waals surface area (Å²) >= 11 is 1.05. The molecule has 0 fully saturated rings. The molecule has 12 heteroatoms. The molecule has 0 spiro atoms. The highest BCUT2D eigenvalue weighted by Crippen LogP contribution is 2.33. The molecule has 2 aromatic carbocycles. The normalized spacial score (nSPS) is 11.5. The highest BCUT2D eigenvalue weighted by atomic mass is 32.2. The molecule has 0 atom stereocenters. The molecule has 1 amide bonds. The van der Waals surface area contributed by atoms with Crippen molar-refractivity contribution >= 4 is 23.4 Å². The van der Waals surface area contributed by atoms with E-state index in [1.165, 1.54) is 23.4 Å². The molecule has 4 rings (SSSR count). The lowest BCUT2D eigenvalue weighted by Crippen LogP contribution is -2.17. The highest BCUT2D eigenvalue weighted by molar-refractivity contribution is 7.99. The van der Waals surface area contributed by atoms with E-state index in [1.54, 1.807) is 0 Å². The van der Waals surface area contributed by atoms with Gasteiger partial charge in [-0.15, -0.1) is 5.10 Å². The third kappa shape index (κ3) is 4.91. The van der Waals surface area contributed by atoms with Gasteiger partial charge in [0.05, 0.1) is 22.7 Å². The first-order valence-electron chi connectivity index (χ1n) is 8.87. The number of carbonyl (C=O) groups excluding carboxylic acids is 1. The Balaban J connectivity index is 1.47. The number of thioether (sulfide) groups is 1. The van der Waals surface area contributed by atoms with E-state index in [-0.39, 0.29) is 17.1 Å². The summed E-state index contributed by atoms with van der Waals surface area (Å²) < 4.78 is 40.6. The van der Waals surface area contributed by atoms with Gasteiger partial charge in [0, 0.05) is 5.56 Å². The predicted octanol–water partition coefficient (Wildman–Crippen LogP) is 3.80. The fraction of sp³-hybridized carbons (Fsp3) is 0.105. The van der Waals surface area contributed by atoms with Gasteiger partial charge in [-0.2, -0.15) is 18.3 Å². The number of amides is 1. The lowest BCUT2D eigenvalue weighted by atomic mass is 10.1. The van der Waals surface area contributed by atoms with Crippen LogP contribution in [0.1, 0.15) is 5.56 Å². The first kappa shape index (κ1) is 20.6. The van der Waals surface area contributed by atoms with Crippen LogP contribution in [0.2, 0.25) is 0 Å². The monoisotopic (exact) mass is 445 g/mol. The highest BCUT2D eigenvalue weighted by Gasteiger charge is 2.31. The van der Waals surface area contributed by atoms with E-state index in [2.05, 4.69) is 30.6 Å². The van der Waals surface area contributed by atoms with E-state index < -0.39 is 17.6 Å². The van der Waals surface area contributed by atoms with E-state index in [0.717, 1.165) is 29.5 Å². The molecule has 0 aliphatic heterocycles. The third-order valence-corrected chi connectivity index (χ3v) is 4.96. The van der Waals surface area contributed by atoms with Crippen LogP contribution < -0.4 is 5.32 Å². The van der Waals surface area contributed by atoms with Crippen molar-refractivity contribution in [3.63, 3.8) is 0 Å². The molecular formula is C19H14F3N7OS. The van der Waals surface area contributed by atoms with Gasteiger partial charge in [0.1, 0.15) is 12.7 Å². The number of benzene rings is 2. The lowest BCUT2D eigenvalue weighted by molar-refractivity contribution is -0.137. The van der Waals surface area contributed by atoms with E-state index in [9.17, 15) is 18.0 Å². The Morgan fingerprint density at radius 2 is 1.97 bits per heavy atom. The van der Waals surface area contributed by atoms with Gasteiger partial charge >= 0.3 is 6.18 Å². The van der Waals surface area contributed by atoms with Gasteiger partial charge in [-0.3, -0.25) is 9.89 Å². The molecule has 0 radical (unpaired) electrons. The average molecular weight is 445 g/mol. The van der Waals surface area contributed by atoms with E-state index >= 15 is 0 Å². The summed E-state index contributed by atoms with van der Waals surface area (Å²) in [6.45, 7) is 0. The minimum atomic E-state index is -4.55. The van der Waals surface area contributed by atoms with Crippen LogP contribution in [0, 0.1) is 0 Å². The fourth-order valence-corrected chi connectivity index (χ4v) is 3.30. The fourth-order valence-electron chi connectivity index (χ4n) is 2.70. The Morgan fingerprint density at radius 1 is 1.16 bits per heavy atom. The zero-order valence-corrected chi connectivity index (χ0v) is 16.5. The second-order valence-corrected chi connectivity index (χ2v) is 7.18. The topological polar surface area (TPSA) is 101 Å². The number of nitrogens with zero attached hydrogens (tertiary/aromatic N) is 5. The zero-order valence-electron chi connectivity index (χ0n) is 15.7. The van der Waals surface area contributed by atoms with Gasteiger partial charge in [-0.05, 0) is 18.2 Å². The summed E-state index contributed by atoms with van der Waals surface area (Å²) in [7, 11) is 0. The van der Waals surface area contributed by atoms with Crippen LogP contribution in [0.3, 0.4) is 0 Å². The van der Waals surface area contributed by atoms with Gasteiger partial charge in [0.2, 0.25) is 11.1 Å². The number of anilines is 1. The second-order valence-electron chi connectivity index (χ2n) is 6.24. The average Bonchev–Trinajstić information content (AvgIpc) is 3.45. The van der Waals surface area contributed by atoms with E-state index in [1.807, 2.05) is 30.3 Å². The Kier molecular flexibility index (Phi) is 5.71. The molecule has 0 aliphatic rings. The lowest BCUT2D eigenvalue weighted by Gasteiger charge is -2.14. The Bertz CT molecular complexity index is 1180. The molecule has 2 N–H and O–H groups in total. The van der Waals surface area contributed by atoms with Crippen LogP contribution in [0.4, 0.5) is 18.9 Å². The molecule has 0 unspecified atom stereocenters. The summed E-state index contributed by atoms with van der Waals surface area (Å²) in [5.74, 6) is -0.0642. The Labute approximate surface area is 177 Å². The van der Waals surface area contributed by atoms with Crippen molar-refractivity contribution in [2.75, 3.05) is 11.1 Å². The Morgan fingerprint density at radius 3 is 2.68 bits per heavy atom. The van der Waals surface area contributed by atoms with Crippen LogP contribution in [0.15, 0.2) is 66.3 Å². The number of aromatic nitrogens is 6. The van der Waals surface area contributed by atoms with Crippen molar-refractivity contribution in [3.8, 4) is 17.1 Å². The summed E-state index contributed by atoms with van der Waals surface area (Å²) in [6, 6.07) is 12.3. The van der Waals surface area contributed by atoms with Crippen molar-refractivity contribution in [1.29, 1.82) is 0 Å².